The van der Waals surface area contributed by atoms with Crippen LogP contribution in [0.1, 0.15) is 53.9 Å². The molecule has 3 atom stereocenters. The Balaban J connectivity index is 2.77. The Morgan fingerprint density at radius 1 is 1.39 bits per heavy atom. The zero-order valence-corrected chi connectivity index (χ0v) is 12.0. The van der Waals surface area contributed by atoms with Gasteiger partial charge in [0.25, 0.3) is 0 Å². The molecule has 0 bridgehead atoms. The molecule has 1 saturated carbocycles. The van der Waals surface area contributed by atoms with Crippen LogP contribution >= 0.6 is 0 Å². The van der Waals surface area contributed by atoms with E-state index in [1.54, 1.807) is 0 Å². The van der Waals surface area contributed by atoms with Gasteiger partial charge in [0, 0.05) is 0 Å². The summed E-state index contributed by atoms with van der Waals surface area (Å²) in [6.45, 7) is 9.59. The van der Waals surface area contributed by atoms with E-state index >= 15 is 0 Å². The van der Waals surface area contributed by atoms with E-state index in [1.165, 1.54) is 0 Å². The Morgan fingerprint density at radius 3 is 2.50 bits per heavy atom. The third kappa shape index (κ3) is 3.63. The third-order valence-electron chi connectivity index (χ3n) is 3.53. The lowest BCUT2D eigenvalue weighted by Gasteiger charge is -2.40. The van der Waals surface area contributed by atoms with Gasteiger partial charge in [-0.25, -0.2) is 4.79 Å². The van der Waals surface area contributed by atoms with Crippen LogP contribution in [0.5, 0.6) is 0 Å². The van der Waals surface area contributed by atoms with Crippen molar-refractivity contribution in [2.24, 2.45) is 11.8 Å². The maximum Gasteiger partial charge on any atom is 0.408 e. The van der Waals surface area contributed by atoms with Gasteiger partial charge >= 0.3 is 6.09 Å². The minimum atomic E-state index is -0.778. The number of nitrogens with zero attached hydrogens (tertiary/aromatic N) is 1. The summed E-state index contributed by atoms with van der Waals surface area (Å²) in [6.07, 6.45) is 2.28. The standard InChI is InChI=1S/C14H24N2O2/c1-10-6-7-11(2)14(8-10,9-15)16-12(17)18-13(3,4)5/h10-11H,6-8H2,1-5H3,(H,16,17). The summed E-state index contributed by atoms with van der Waals surface area (Å²) < 4.78 is 5.25. The summed E-state index contributed by atoms with van der Waals surface area (Å²) in [5.41, 5.74) is -1.32. The van der Waals surface area contributed by atoms with Crippen molar-refractivity contribution in [2.75, 3.05) is 0 Å². The van der Waals surface area contributed by atoms with Gasteiger partial charge in [0.05, 0.1) is 6.07 Å². The highest BCUT2D eigenvalue weighted by molar-refractivity contribution is 5.69. The number of alkyl carbamates (subject to hydrolysis) is 1. The van der Waals surface area contributed by atoms with E-state index in [-0.39, 0.29) is 5.92 Å². The van der Waals surface area contributed by atoms with E-state index in [0.29, 0.717) is 12.3 Å². The van der Waals surface area contributed by atoms with Gasteiger partial charge in [-0.3, -0.25) is 0 Å². The zero-order valence-electron chi connectivity index (χ0n) is 12.0. The predicted molar refractivity (Wildman–Crippen MR) is 69.9 cm³/mol. The van der Waals surface area contributed by atoms with Gasteiger partial charge in [-0.1, -0.05) is 20.3 Å². The lowest BCUT2D eigenvalue weighted by Crippen LogP contribution is -2.55. The number of ether oxygens (including phenoxy) is 1. The second-order valence-electron chi connectivity index (χ2n) is 6.50. The average molecular weight is 252 g/mol. The highest BCUT2D eigenvalue weighted by Gasteiger charge is 2.43. The number of nitrogens with one attached hydrogen (secondary N) is 1. The van der Waals surface area contributed by atoms with Gasteiger partial charge in [-0.05, 0) is 45.4 Å². The Morgan fingerprint density at radius 2 is 2.00 bits per heavy atom. The molecule has 1 aliphatic carbocycles. The normalized spacial score (nSPS) is 32.4. The Bertz CT molecular complexity index is 354. The highest BCUT2D eigenvalue weighted by atomic mass is 16.6. The molecule has 0 aromatic rings. The third-order valence-corrected chi connectivity index (χ3v) is 3.53. The van der Waals surface area contributed by atoms with E-state index in [4.69, 9.17) is 4.74 Å². The summed E-state index contributed by atoms with van der Waals surface area (Å²) in [4.78, 5) is 11.9. The first-order valence-electron chi connectivity index (χ1n) is 6.61. The summed E-state index contributed by atoms with van der Waals surface area (Å²) >= 11 is 0. The molecule has 1 fully saturated rings. The predicted octanol–water partition coefficient (Wildman–Crippen LogP) is 3.23. The number of amides is 1. The maximum absolute atomic E-state index is 11.9. The highest BCUT2D eigenvalue weighted by Crippen LogP contribution is 2.36. The molecule has 3 unspecified atom stereocenters. The topological polar surface area (TPSA) is 62.1 Å². The van der Waals surface area contributed by atoms with Crippen LogP contribution in [0.2, 0.25) is 0 Å². The monoisotopic (exact) mass is 252 g/mol. The molecular formula is C14H24N2O2. The van der Waals surface area contributed by atoms with E-state index in [0.717, 1.165) is 12.8 Å². The number of hydrogen-bond donors (Lipinski definition) is 1. The molecule has 1 rings (SSSR count). The molecule has 4 nitrogen and oxygen atoms in total. The van der Waals surface area contributed by atoms with Gasteiger partial charge in [0.1, 0.15) is 11.1 Å². The van der Waals surface area contributed by atoms with Crippen LogP contribution in [0.25, 0.3) is 0 Å². The molecule has 1 amide bonds. The fraction of sp³-hybridized carbons (Fsp3) is 0.857. The van der Waals surface area contributed by atoms with Gasteiger partial charge in [0.2, 0.25) is 0 Å². The van der Waals surface area contributed by atoms with Crippen LogP contribution in [0.4, 0.5) is 4.79 Å². The van der Waals surface area contributed by atoms with E-state index in [1.807, 2.05) is 27.7 Å². The average Bonchev–Trinajstić information content (AvgIpc) is 2.20. The van der Waals surface area contributed by atoms with Crippen LogP contribution in [0.15, 0.2) is 0 Å². The Kier molecular flexibility index (Phi) is 4.26. The Labute approximate surface area is 110 Å². The van der Waals surface area contributed by atoms with Crippen molar-refractivity contribution in [2.45, 2.75) is 65.0 Å². The van der Waals surface area contributed by atoms with Crippen molar-refractivity contribution < 1.29 is 9.53 Å². The molecule has 0 heterocycles. The molecule has 0 aromatic carbocycles. The summed E-state index contributed by atoms with van der Waals surface area (Å²) in [7, 11) is 0. The quantitative estimate of drug-likeness (QED) is 0.779. The minimum absolute atomic E-state index is 0.159. The van der Waals surface area contributed by atoms with Crippen molar-refractivity contribution in [3.63, 3.8) is 0 Å². The lowest BCUT2D eigenvalue weighted by atomic mass is 9.70. The first kappa shape index (κ1) is 14.8. The summed E-state index contributed by atoms with van der Waals surface area (Å²) in [6, 6.07) is 2.30. The number of rotatable bonds is 1. The van der Waals surface area contributed by atoms with Crippen LogP contribution in [0.3, 0.4) is 0 Å². The van der Waals surface area contributed by atoms with Crippen molar-refractivity contribution >= 4 is 6.09 Å². The minimum Gasteiger partial charge on any atom is -0.444 e. The molecule has 0 saturated heterocycles. The van der Waals surface area contributed by atoms with E-state index in [2.05, 4.69) is 18.3 Å². The molecule has 18 heavy (non-hydrogen) atoms. The van der Waals surface area contributed by atoms with E-state index in [9.17, 15) is 10.1 Å². The fourth-order valence-corrected chi connectivity index (χ4v) is 2.48. The largest absolute Gasteiger partial charge is 0.444 e. The molecular weight excluding hydrogens is 228 g/mol. The first-order chi connectivity index (χ1) is 8.18. The number of nitriles is 1. The van der Waals surface area contributed by atoms with Crippen LogP contribution in [0, 0.1) is 23.2 Å². The molecule has 1 aliphatic rings. The van der Waals surface area contributed by atoms with Gasteiger partial charge in [0.15, 0.2) is 0 Å². The first-order valence-corrected chi connectivity index (χ1v) is 6.61. The van der Waals surface area contributed by atoms with Crippen molar-refractivity contribution in [3.05, 3.63) is 0 Å². The van der Waals surface area contributed by atoms with Crippen LogP contribution in [-0.2, 0) is 4.74 Å². The van der Waals surface area contributed by atoms with Gasteiger partial charge in [-0.2, -0.15) is 5.26 Å². The van der Waals surface area contributed by atoms with Crippen molar-refractivity contribution in [1.82, 2.24) is 5.32 Å². The number of carbonyl (C=O) groups excluding carboxylic acids is 1. The smallest absolute Gasteiger partial charge is 0.408 e. The van der Waals surface area contributed by atoms with Crippen molar-refractivity contribution in [3.8, 4) is 6.07 Å². The molecule has 0 spiro atoms. The second kappa shape index (κ2) is 5.17. The molecule has 4 heteroatoms. The number of carbonyl (C=O) groups is 1. The van der Waals surface area contributed by atoms with Gasteiger partial charge in [-0.15, -0.1) is 0 Å². The maximum atomic E-state index is 11.9. The van der Waals surface area contributed by atoms with E-state index < -0.39 is 17.2 Å². The lowest BCUT2D eigenvalue weighted by molar-refractivity contribution is 0.0405. The second-order valence-corrected chi connectivity index (χ2v) is 6.50. The SMILES string of the molecule is CC1CCC(C)C(C#N)(NC(=O)OC(C)(C)C)C1. The van der Waals surface area contributed by atoms with Crippen LogP contribution < -0.4 is 5.32 Å². The molecule has 0 aromatic heterocycles. The van der Waals surface area contributed by atoms with Gasteiger partial charge < -0.3 is 10.1 Å². The molecule has 1 N–H and O–H groups in total. The van der Waals surface area contributed by atoms with Crippen molar-refractivity contribution in [1.29, 1.82) is 5.26 Å². The zero-order chi connectivity index (χ0) is 14.0. The summed E-state index contributed by atoms with van der Waals surface area (Å²) in [5.74, 6) is 0.613. The summed E-state index contributed by atoms with van der Waals surface area (Å²) in [5, 5.41) is 12.3. The molecule has 0 radical (unpaired) electrons. The molecule has 102 valence electrons. The fourth-order valence-electron chi connectivity index (χ4n) is 2.48. The molecule has 0 aliphatic heterocycles. The number of hydrogen-bond acceptors (Lipinski definition) is 3. The Hall–Kier alpha value is -1.24. The van der Waals surface area contributed by atoms with Crippen LogP contribution in [-0.4, -0.2) is 17.2 Å².